The first-order chi connectivity index (χ1) is 16.7. The van der Waals surface area contributed by atoms with Crippen LogP contribution >= 0.6 is 11.6 Å². The zero-order valence-corrected chi connectivity index (χ0v) is 19.6. The Hall–Kier alpha value is -3.33. The van der Waals surface area contributed by atoms with Crippen LogP contribution in [0.25, 0.3) is 0 Å². The number of carbonyl (C=O) groups excluding carboxylic acids is 2. The number of ether oxygens (including phenoxy) is 1. The van der Waals surface area contributed by atoms with Gasteiger partial charge < -0.3 is 25.4 Å². The quantitative estimate of drug-likeness (QED) is 0.538. The summed E-state index contributed by atoms with van der Waals surface area (Å²) in [4.78, 5) is 38.6. The number of nitrogens with one attached hydrogen (secondary N) is 2. The van der Waals surface area contributed by atoms with E-state index in [0.29, 0.717) is 32.2 Å². The highest BCUT2D eigenvalue weighted by atomic mass is 35.5. The molecule has 1 atom stereocenters. The van der Waals surface area contributed by atoms with Crippen LogP contribution in [0.1, 0.15) is 42.9 Å². The summed E-state index contributed by atoms with van der Waals surface area (Å²) in [6, 6.07) is 10.8. The number of urea groups is 1. The summed E-state index contributed by atoms with van der Waals surface area (Å²) >= 11 is 5.64. The molecule has 0 saturated heterocycles. The first-order valence-corrected chi connectivity index (χ1v) is 11.8. The summed E-state index contributed by atoms with van der Waals surface area (Å²) in [6.45, 7) is 0.188. The van der Waals surface area contributed by atoms with Gasteiger partial charge in [0.1, 0.15) is 11.6 Å². The Labute approximate surface area is 206 Å². The largest absolute Gasteiger partial charge is 0.484 e. The van der Waals surface area contributed by atoms with Crippen molar-refractivity contribution in [3.63, 3.8) is 0 Å². The third-order valence-corrected chi connectivity index (χ3v) is 7.42. The second kappa shape index (κ2) is 8.71. The number of nitrogens with zero attached hydrogens (tertiary/aromatic N) is 1. The lowest BCUT2D eigenvalue weighted by Gasteiger charge is -2.70. The lowest BCUT2D eigenvalue weighted by atomic mass is 9.44. The highest BCUT2D eigenvalue weighted by molar-refractivity contribution is 6.30. The molecular formula is C25H25ClFN3O5. The zero-order chi connectivity index (χ0) is 24.8. The molecule has 3 fully saturated rings. The number of benzene rings is 2. The second-order valence-electron chi connectivity index (χ2n) is 9.69. The molecule has 1 heterocycles. The fourth-order valence-electron chi connectivity index (χ4n) is 5.68. The number of hydrogen-bond acceptors (Lipinski definition) is 4. The van der Waals surface area contributed by atoms with Crippen molar-refractivity contribution in [3.05, 3.63) is 64.4 Å². The van der Waals surface area contributed by atoms with Gasteiger partial charge in [-0.1, -0.05) is 35.9 Å². The maximum absolute atomic E-state index is 13.5. The fraction of sp³-hybridized carbons (Fsp3) is 0.400. The van der Waals surface area contributed by atoms with E-state index < -0.39 is 23.4 Å². The molecule has 1 aliphatic heterocycles. The van der Waals surface area contributed by atoms with Gasteiger partial charge in [-0.2, -0.15) is 0 Å². The Balaban J connectivity index is 1.14. The smallest absolute Gasteiger partial charge is 0.318 e. The molecule has 4 aliphatic rings. The average molecular weight is 502 g/mol. The van der Waals surface area contributed by atoms with E-state index >= 15 is 0 Å². The molecule has 2 bridgehead atoms. The van der Waals surface area contributed by atoms with Crippen molar-refractivity contribution in [2.45, 2.75) is 49.2 Å². The molecule has 2 aromatic carbocycles. The molecule has 1 unspecified atom stereocenters. The van der Waals surface area contributed by atoms with Crippen LogP contribution in [0.4, 0.5) is 9.18 Å². The molecule has 0 radical (unpaired) electrons. The third kappa shape index (κ3) is 4.52. The summed E-state index contributed by atoms with van der Waals surface area (Å²) in [5.74, 6) is -1.69. The first kappa shape index (κ1) is 23.4. The minimum absolute atomic E-state index is 0.0222. The van der Waals surface area contributed by atoms with Crippen molar-refractivity contribution in [3.8, 4) is 5.75 Å². The summed E-state index contributed by atoms with van der Waals surface area (Å²) in [7, 11) is 0. The van der Waals surface area contributed by atoms with Gasteiger partial charge in [-0.05, 0) is 48.9 Å². The highest BCUT2D eigenvalue weighted by Gasteiger charge is 2.69. The van der Waals surface area contributed by atoms with E-state index in [1.165, 1.54) is 12.1 Å². The molecule has 0 spiro atoms. The Kier molecular flexibility index (Phi) is 5.83. The van der Waals surface area contributed by atoms with Crippen molar-refractivity contribution in [1.82, 2.24) is 15.5 Å². The molecule has 6 rings (SSSR count). The topological polar surface area (TPSA) is 108 Å². The highest BCUT2D eigenvalue weighted by Crippen LogP contribution is 2.60. The van der Waals surface area contributed by atoms with Gasteiger partial charge in [-0.3, -0.25) is 9.59 Å². The van der Waals surface area contributed by atoms with Gasteiger partial charge >= 0.3 is 12.0 Å². The number of carboxylic acid groups (broad SMARTS) is 1. The van der Waals surface area contributed by atoms with E-state index in [1.807, 2.05) is 24.3 Å². The molecule has 3 aliphatic carbocycles. The number of amides is 3. The van der Waals surface area contributed by atoms with Gasteiger partial charge in [0.05, 0.1) is 17.5 Å². The van der Waals surface area contributed by atoms with E-state index in [0.717, 1.165) is 17.2 Å². The molecule has 2 aromatic rings. The first-order valence-electron chi connectivity index (χ1n) is 11.4. The van der Waals surface area contributed by atoms with E-state index in [9.17, 15) is 23.9 Å². The standard InChI is InChI=1S/C25H25ClFN3O5/c26-18-6-5-16(9-19(18)27)35-11-21(31)28-24-12-25(13-24,14-24)29-23(34)30-8-7-15-3-1-2-4-17(15)20(30)10-22(32)33/h1-6,9,20H,7-8,10-14H2,(H,28,31)(H,29,34)(H,32,33). The van der Waals surface area contributed by atoms with Crippen LogP contribution in [0.5, 0.6) is 5.75 Å². The number of carboxylic acids is 1. The number of hydrogen-bond donors (Lipinski definition) is 3. The Morgan fingerprint density at radius 3 is 2.54 bits per heavy atom. The Morgan fingerprint density at radius 1 is 1.11 bits per heavy atom. The van der Waals surface area contributed by atoms with Gasteiger partial charge in [-0.25, -0.2) is 9.18 Å². The zero-order valence-electron chi connectivity index (χ0n) is 18.9. The van der Waals surface area contributed by atoms with Crippen molar-refractivity contribution in [2.24, 2.45) is 0 Å². The Morgan fingerprint density at radius 2 is 1.83 bits per heavy atom. The van der Waals surface area contributed by atoms with Crippen LogP contribution in [0.2, 0.25) is 5.02 Å². The average Bonchev–Trinajstić information content (AvgIpc) is 2.77. The molecule has 3 amide bonds. The van der Waals surface area contributed by atoms with E-state index in [-0.39, 0.29) is 41.3 Å². The van der Waals surface area contributed by atoms with E-state index in [2.05, 4.69) is 10.6 Å². The summed E-state index contributed by atoms with van der Waals surface area (Å²) in [5.41, 5.74) is 1.17. The number of fused-ring (bicyclic) bond motifs is 1. The molecular weight excluding hydrogens is 477 g/mol. The molecule has 3 N–H and O–H groups in total. The van der Waals surface area contributed by atoms with Crippen LogP contribution in [0.3, 0.4) is 0 Å². The number of halogens is 2. The summed E-state index contributed by atoms with van der Waals surface area (Å²) in [6.07, 6.45) is 2.31. The van der Waals surface area contributed by atoms with Gasteiger partial charge in [0, 0.05) is 23.7 Å². The van der Waals surface area contributed by atoms with Crippen LogP contribution in [-0.2, 0) is 16.0 Å². The number of rotatable bonds is 7. The number of aliphatic carboxylic acids is 1. The van der Waals surface area contributed by atoms with Crippen molar-refractivity contribution >= 4 is 29.5 Å². The van der Waals surface area contributed by atoms with Gasteiger partial charge in [0.25, 0.3) is 5.91 Å². The predicted molar refractivity (Wildman–Crippen MR) is 125 cm³/mol. The maximum atomic E-state index is 13.5. The van der Waals surface area contributed by atoms with Crippen LogP contribution < -0.4 is 15.4 Å². The molecule has 184 valence electrons. The predicted octanol–water partition coefficient (Wildman–Crippen LogP) is 3.43. The van der Waals surface area contributed by atoms with Crippen LogP contribution in [0, 0.1) is 5.82 Å². The van der Waals surface area contributed by atoms with Crippen molar-refractivity contribution in [2.75, 3.05) is 13.2 Å². The van der Waals surface area contributed by atoms with Crippen molar-refractivity contribution < 1.29 is 28.6 Å². The fourth-order valence-corrected chi connectivity index (χ4v) is 5.80. The normalized spacial score (nSPS) is 26.0. The molecule has 10 heteroatoms. The molecule has 3 saturated carbocycles. The molecule has 35 heavy (non-hydrogen) atoms. The van der Waals surface area contributed by atoms with Gasteiger partial charge in [0.2, 0.25) is 0 Å². The lowest BCUT2D eigenvalue weighted by molar-refractivity contribution is -0.141. The van der Waals surface area contributed by atoms with Gasteiger partial charge in [-0.15, -0.1) is 0 Å². The Bertz CT molecular complexity index is 1190. The minimum Gasteiger partial charge on any atom is -0.484 e. The summed E-state index contributed by atoms with van der Waals surface area (Å²) < 4.78 is 18.8. The summed E-state index contributed by atoms with van der Waals surface area (Å²) in [5, 5.41) is 15.4. The van der Waals surface area contributed by atoms with Crippen LogP contribution in [-0.4, -0.2) is 52.1 Å². The molecule has 8 nitrogen and oxygen atoms in total. The van der Waals surface area contributed by atoms with E-state index in [1.54, 1.807) is 4.90 Å². The SMILES string of the molecule is O=C(O)CC1c2ccccc2CCN1C(=O)NC12CC(NC(=O)COc3ccc(Cl)c(F)c3)(C1)C2. The lowest BCUT2D eigenvalue weighted by Crippen LogP contribution is -2.84. The molecule has 0 aromatic heterocycles. The van der Waals surface area contributed by atoms with Gasteiger partial charge in [0.15, 0.2) is 6.61 Å². The van der Waals surface area contributed by atoms with Crippen LogP contribution in [0.15, 0.2) is 42.5 Å². The number of carbonyl (C=O) groups is 3. The monoisotopic (exact) mass is 501 g/mol. The second-order valence-corrected chi connectivity index (χ2v) is 10.1. The van der Waals surface area contributed by atoms with E-state index in [4.69, 9.17) is 16.3 Å². The maximum Gasteiger partial charge on any atom is 0.318 e. The third-order valence-electron chi connectivity index (χ3n) is 7.11. The minimum atomic E-state index is -0.958. The van der Waals surface area contributed by atoms with Crippen molar-refractivity contribution in [1.29, 1.82) is 0 Å².